The molecular weight excluding hydrogens is 264 g/mol. The molecule has 109 valence electrons. The van der Waals surface area contributed by atoms with Crippen LogP contribution in [0.3, 0.4) is 0 Å². The Morgan fingerprint density at radius 2 is 2.10 bits per heavy atom. The standard InChI is InChI=1S/C18H25OS/c1-3-4-8-15(2)19-13-6-5-9-16-10-7-11-17-12-14-20-18(16)17/h7,10-12,14-15H,1,3-6,8-9,13H2,2H3. The van der Waals surface area contributed by atoms with Gasteiger partial charge in [0.25, 0.3) is 0 Å². The van der Waals surface area contributed by atoms with Gasteiger partial charge in [-0.05, 0) is 55.0 Å². The predicted octanol–water partition coefficient (Wildman–Crippen LogP) is 5.63. The third-order valence-corrected chi connectivity index (χ3v) is 4.67. The van der Waals surface area contributed by atoms with Crippen LogP contribution in [0, 0.1) is 6.92 Å². The third-order valence-electron chi connectivity index (χ3n) is 3.66. The molecule has 0 aliphatic heterocycles. The van der Waals surface area contributed by atoms with Crippen molar-refractivity contribution < 1.29 is 4.74 Å². The van der Waals surface area contributed by atoms with Gasteiger partial charge in [-0.2, -0.15) is 0 Å². The topological polar surface area (TPSA) is 9.23 Å². The number of aryl methyl sites for hydroxylation is 1. The smallest absolute Gasteiger partial charge is 0.0547 e. The SMILES string of the molecule is [CH2]CCCC(C)OCCCCc1cccc2ccsc12. The van der Waals surface area contributed by atoms with Gasteiger partial charge < -0.3 is 4.74 Å². The minimum absolute atomic E-state index is 0.387. The van der Waals surface area contributed by atoms with Crippen molar-refractivity contribution in [2.75, 3.05) is 6.61 Å². The molecule has 2 heteroatoms. The van der Waals surface area contributed by atoms with Gasteiger partial charge in [-0.15, -0.1) is 11.3 Å². The molecule has 1 atom stereocenters. The summed E-state index contributed by atoms with van der Waals surface area (Å²) >= 11 is 1.85. The van der Waals surface area contributed by atoms with E-state index in [0.29, 0.717) is 6.10 Å². The Kier molecular flexibility index (Phi) is 6.55. The van der Waals surface area contributed by atoms with Crippen LogP contribution in [0.2, 0.25) is 0 Å². The second-order valence-electron chi connectivity index (χ2n) is 5.39. The Morgan fingerprint density at radius 3 is 2.95 bits per heavy atom. The zero-order chi connectivity index (χ0) is 14.2. The van der Waals surface area contributed by atoms with Crippen LogP contribution in [0.1, 0.15) is 44.6 Å². The van der Waals surface area contributed by atoms with Crippen molar-refractivity contribution in [3.63, 3.8) is 0 Å². The Labute approximate surface area is 127 Å². The summed E-state index contributed by atoms with van der Waals surface area (Å²) in [5.74, 6) is 0. The maximum absolute atomic E-state index is 5.83. The van der Waals surface area contributed by atoms with Crippen LogP contribution in [0.4, 0.5) is 0 Å². The summed E-state index contributed by atoms with van der Waals surface area (Å²) in [5, 5.41) is 3.56. The third kappa shape index (κ3) is 4.60. The molecular formula is C18H25OS. The van der Waals surface area contributed by atoms with Gasteiger partial charge in [0.1, 0.15) is 0 Å². The minimum Gasteiger partial charge on any atom is -0.379 e. The minimum atomic E-state index is 0.387. The lowest BCUT2D eigenvalue weighted by Crippen LogP contribution is -2.09. The van der Waals surface area contributed by atoms with Crippen LogP contribution >= 0.6 is 11.3 Å². The zero-order valence-electron chi connectivity index (χ0n) is 12.4. The van der Waals surface area contributed by atoms with Crippen molar-refractivity contribution in [2.45, 2.75) is 51.6 Å². The van der Waals surface area contributed by atoms with Crippen LogP contribution in [-0.4, -0.2) is 12.7 Å². The van der Waals surface area contributed by atoms with Gasteiger partial charge in [-0.3, -0.25) is 0 Å². The molecule has 0 fully saturated rings. The van der Waals surface area contributed by atoms with E-state index in [1.54, 1.807) is 0 Å². The quantitative estimate of drug-likeness (QED) is 0.543. The first-order valence-electron chi connectivity index (χ1n) is 7.67. The molecule has 0 saturated heterocycles. The van der Waals surface area contributed by atoms with Crippen LogP contribution in [-0.2, 0) is 11.2 Å². The van der Waals surface area contributed by atoms with Crippen molar-refractivity contribution in [1.29, 1.82) is 0 Å². The molecule has 0 amide bonds. The second-order valence-corrected chi connectivity index (χ2v) is 6.31. The van der Waals surface area contributed by atoms with Crippen LogP contribution < -0.4 is 0 Å². The van der Waals surface area contributed by atoms with E-state index in [1.165, 1.54) is 28.5 Å². The highest BCUT2D eigenvalue weighted by Crippen LogP contribution is 2.25. The van der Waals surface area contributed by atoms with E-state index >= 15 is 0 Å². The fourth-order valence-corrected chi connectivity index (χ4v) is 3.41. The van der Waals surface area contributed by atoms with Gasteiger partial charge in [-0.25, -0.2) is 0 Å². The monoisotopic (exact) mass is 289 g/mol. The van der Waals surface area contributed by atoms with Gasteiger partial charge in [0.05, 0.1) is 6.10 Å². The Morgan fingerprint density at radius 1 is 1.20 bits per heavy atom. The molecule has 1 aromatic carbocycles. The molecule has 1 heterocycles. The lowest BCUT2D eigenvalue weighted by Gasteiger charge is -2.12. The summed E-state index contributed by atoms with van der Waals surface area (Å²) in [6, 6.07) is 8.83. The maximum Gasteiger partial charge on any atom is 0.0547 e. The number of hydrogen-bond acceptors (Lipinski definition) is 2. The van der Waals surface area contributed by atoms with Crippen molar-refractivity contribution in [3.05, 3.63) is 42.1 Å². The molecule has 2 aromatic rings. The average molecular weight is 289 g/mol. The lowest BCUT2D eigenvalue weighted by atomic mass is 10.1. The molecule has 0 spiro atoms. The van der Waals surface area contributed by atoms with E-state index in [1.807, 2.05) is 11.3 Å². The summed E-state index contributed by atoms with van der Waals surface area (Å²) in [7, 11) is 0. The Bertz CT molecular complexity index is 503. The molecule has 0 N–H and O–H groups in total. The molecule has 0 aliphatic carbocycles. The largest absolute Gasteiger partial charge is 0.379 e. The van der Waals surface area contributed by atoms with Crippen molar-refractivity contribution >= 4 is 21.4 Å². The molecule has 0 aliphatic rings. The number of rotatable bonds is 9. The summed E-state index contributed by atoms with van der Waals surface area (Å²) < 4.78 is 7.29. The zero-order valence-corrected chi connectivity index (χ0v) is 13.3. The van der Waals surface area contributed by atoms with Gasteiger partial charge in [0.2, 0.25) is 0 Å². The summed E-state index contributed by atoms with van der Waals surface area (Å²) in [6.07, 6.45) is 7.22. The number of thiophene rings is 1. The van der Waals surface area contributed by atoms with Gasteiger partial charge in [-0.1, -0.05) is 38.0 Å². The molecule has 20 heavy (non-hydrogen) atoms. The first kappa shape index (κ1) is 15.5. The summed E-state index contributed by atoms with van der Waals surface area (Å²) in [5.41, 5.74) is 1.49. The Hall–Kier alpha value is -0.860. The van der Waals surface area contributed by atoms with Gasteiger partial charge in [0.15, 0.2) is 0 Å². The van der Waals surface area contributed by atoms with E-state index in [0.717, 1.165) is 32.3 Å². The maximum atomic E-state index is 5.83. The molecule has 0 bridgehead atoms. The number of ether oxygens (including phenoxy) is 1. The molecule has 0 saturated carbocycles. The van der Waals surface area contributed by atoms with Gasteiger partial charge in [0, 0.05) is 11.3 Å². The van der Waals surface area contributed by atoms with E-state index < -0.39 is 0 Å². The molecule has 2 rings (SSSR count). The fraction of sp³-hybridized carbons (Fsp3) is 0.500. The van der Waals surface area contributed by atoms with Crippen LogP contribution in [0.15, 0.2) is 29.6 Å². The fourth-order valence-electron chi connectivity index (χ4n) is 2.47. The van der Waals surface area contributed by atoms with Crippen molar-refractivity contribution in [3.8, 4) is 0 Å². The highest BCUT2D eigenvalue weighted by molar-refractivity contribution is 7.17. The van der Waals surface area contributed by atoms with E-state index in [4.69, 9.17) is 4.74 Å². The summed E-state index contributed by atoms with van der Waals surface area (Å²) in [6.45, 7) is 6.92. The first-order valence-corrected chi connectivity index (χ1v) is 8.55. The summed E-state index contributed by atoms with van der Waals surface area (Å²) in [4.78, 5) is 0. The molecule has 1 aromatic heterocycles. The molecule has 1 nitrogen and oxygen atoms in total. The van der Waals surface area contributed by atoms with E-state index in [9.17, 15) is 0 Å². The van der Waals surface area contributed by atoms with Crippen molar-refractivity contribution in [1.82, 2.24) is 0 Å². The van der Waals surface area contributed by atoms with Crippen molar-refractivity contribution in [2.24, 2.45) is 0 Å². The van der Waals surface area contributed by atoms with Crippen LogP contribution in [0.5, 0.6) is 0 Å². The normalized spacial score (nSPS) is 12.9. The number of benzene rings is 1. The predicted molar refractivity (Wildman–Crippen MR) is 89.4 cm³/mol. The van der Waals surface area contributed by atoms with E-state index in [2.05, 4.69) is 43.5 Å². The Balaban J connectivity index is 1.67. The highest BCUT2D eigenvalue weighted by atomic mass is 32.1. The number of unbranched alkanes of at least 4 members (excludes halogenated alkanes) is 2. The number of hydrogen-bond donors (Lipinski definition) is 0. The second kappa shape index (κ2) is 8.43. The lowest BCUT2D eigenvalue weighted by molar-refractivity contribution is 0.0567. The van der Waals surface area contributed by atoms with Gasteiger partial charge >= 0.3 is 0 Å². The van der Waals surface area contributed by atoms with Crippen LogP contribution in [0.25, 0.3) is 10.1 Å². The van der Waals surface area contributed by atoms with E-state index in [-0.39, 0.29) is 0 Å². The average Bonchev–Trinajstić information content (AvgIpc) is 2.94. The molecule has 1 unspecified atom stereocenters. The first-order chi connectivity index (χ1) is 9.81. The highest BCUT2D eigenvalue weighted by Gasteiger charge is 2.03. The molecule has 1 radical (unpaired) electrons. The number of fused-ring (bicyclic) bond motifs is 1.